The standard InChI is InChI=1S/C17H35N3.C2H6/c1-4-8-18-9-5-17(6-10-18)7-11-19-12-14-20(15-13-19)16(2)3;1-2/h16-17H,4-15H2,1-3H3;1-2H3. The van der Waals surface area contributed by atoms with Crippen molar-refractivity contribution in [3.63, 3.8) is 0 Å². The van der Waals surface area contributed by atoms with Crippen LogP contribution < -0.4 is 0 Å². The molecule has 0 bridgehead atoms. The van der Waals surface area contributed by atoms with Crippen molar-refractivity contribution in [2.24, 2.45) is 5.92 Å². The molecule has 0 aliphatic carbocycles. The highest BCUT2D eigenvalue weighted by Crippen LogP contribution is 2.21. The summed E-state index contributed by atoms with van der Waals surface area (Å²) in [5.41, 5.74) is 0. The minimum atomic E-state index is 0.722. The fourth-order valence-electron chi connectivity index (χ4n) is 3.68. The van der Waals surface area contributed by atoms with E-state index in [1.165, 1.54) is 78.0 Å². The summed E-state index contributed by atoms with van der Waals surface area (Å²) in [4.78, 5) is 7.95. The second-order valence-electron chi connectivity index (χ2n) is 7.05. The molecule has 2 fully saturated rings. The van der Waals surface area contributed by atoms with E-state index < -0.39 is 0 Å². The molecule has 0 N–H and O–H groups in total. The van der Waals surface area contributed by atoms with Gasteiger partial charge in [-0.05, 0) is 71.6 Å². The lowest BCUT2D eigenvalue weighted by molar-refractivity contribution is 0.0977. The molecule has 0 aromatic carbocycles. The maximum atomic E-state index is 2.69. The highest BCUT2D eigenvalue weighted by atomic mass is 15.3. The smallest absolute Gasteiger partial charge is 0.0113 e. The average Bonchev–Trinajstić information content (AvgIpc) is 2.57. The average molecular weight is 312 g/mol. The topological polar surface area (TPSA) is 9.72 Å². The van der Waals surface area contributed by atoms with Crippen LogP contribution in [-0.4, -0.2) is 73.1 Å². The van der Waals surface area contributed by atoms with Gasteiger partial charge in [0.05, 0.1) is 0 Å². The number of nitrogens with zero attached hydrogens (tertiary/aromatic N) is 3. The van der Waals surface area contributed by atoms with E-state index in [1.54, 1.807) is 0 Å². The summed E-state index contributed by atoms with van der Waals surface area (Å²) >= 11 is 0. The molecular weight excluding hydrogens is 270 g/mol. The van der Waals surface area contributed by atoms with Gasteiger partial charge in [0, 0.05) is 32.2 Å². The van der Waals surface area contributed by atoms with Gasteiger partial charge in [-0.3, -0.25) is 4.90 Å². The molecule has 0 atom stereocenters. The minimum absolute atomic E-state index is 0.722. The highest BCUT2D eigenvalue weighted by molar-refractivity contribution is 4.77. The molecule has 0 spiro atoms. The first kappa shape index (κ1) is 19.9. The van der Waals surface area contributed by atoms with Gasteiger partial charge in [0.15, 0.2) is 0 Å². The SMILES string of the molecule is CC.CCCN1CCC(CCN2CCN(C(C)C)CC2)CC1. The largest absolute Gasteiger partial charge is 0.303 e. The molecule has 22 heavy (non-hydrogen) atoms. The summed E-state index contributed by atoms with van der Waals surface area (Å²) in [6.07, 6.45) is 5.62. The zero-order valence-corrected chi connectivity index (χ0v) is 16.0. The van der Waals surface area contributed by atoms with Crippen molar-refractivity contribution in [1.82, 2.24) is 14.7 Å². The molecule has 0 unspecified atom stereocenters. The van der Waals surface area contributed by atoms with E-state index in [2.05, 4.69) is 35.5 Å². The molecule has 0 radical (unpaired) electrons. The zero-order chi connectivity index (χ0) is 16.4. The van der Waals surface area contributed by atoms with Crippen molar-refractivity contribution in [2.45, 2.75) is 66.3 Å². The Morgan fingerprint density at radius 1 is 0.818 bits per heavy atom. The third kappa shape index (κ3) is 6.97. The Balaban J connectivity index is 0.00000116. The monoisotopic (exact) mass is 311 g/mol. The van der Waals surface area contributed by atoms with Crippen molar-refractivity contribution in [3.8, 4) is 0 Å². The lowest BCUT2D eigenvalue weighted by atomic mass is 9.93. The summed E-state index contributed by atoms with van der Waals surface area (Å²) in [6.45, 7) is 21.4. The Bertz CT molecular complexity index is 251. The molecule has 0 saturated carbocycles. The normalized spacial score (nSPS) is 22.6. The van der Waals surface area contributed by atoms with E-state index in [9.17, 15) is 0 Å². The Morgan fingerprint density at radius 2 is 1.36 bits per heavy atom. The third-order valence-electron chi connectivity index (χ3n) is 5.24. The van der Waals surface area contributed by atoms with Gasteiger partial charge in [0.1, 0.15) is 0 Å². The van der Waals surface area contributed by atoms with Crippen LogP contribution in [0.4, 0.5) is 0 Å². The second-order valence-corrected chi connectivity index (χ2v) is 7.05. The predicted octanol–water partition coefficient (Wildman–Crippen LogP) is 3.55. The van der Waals surface area contributed by atoms with Crippen LogP contribution in [0.25, 0.3) is 0 Å². The Morgan fingerprint density at radius 3 is 1.86 bits per heavy atom. The van der Waals surface area contributed by atoms with Gasteiger partial charge in [0.25, 0.3) is 0 Å². The molecule has 0 amide bonds. The first-order valence-corrected chi connectivity index (χ1v) is 9.87. The van der Waals surface area contributed by atoms with Crippen LogP contribution in [0.5, 0.6) is 0 Å². The van der Waals surface area contributed by atoms with Crippen LogP contribution in [0.3, 0.4) is 0 Å². The third-order valence-corrected chi connectivity index (χ3v) is 5.24. The van der Waals surface area contributed by atoms with E-state index in [0.717, 1.165) is 12.0 Å². The number of piperazine rings is 1. The number of rotatable bonds is 6. The Hall–Kier alpha value is -0.120. The zero-order valence-electron chi connectivity index (χ0n) is 16.0. The first-order valence-electron chi connectivity index (χ1n) is 9.87. The summed E-state index contributed by atoms with van der Waals surface area (Å²) in [5, 5.41) is 0. The molecule has 2 aliphatic rings. The molecule has 2 heterocycles. The number of piperidine rings is 1. The van der Waals surface area contributed by atoms with E-state index in [0.29, 0.717) is 0 Å². The van der Waals surface area contributed by atoms with Gasteiger partial charge >= 0.3 is 0 Å². The summed E-state index contributed by atoms with van der Waals surface area (Å²) in [5.74, 6) is 0.992. The number of hydrogen-bond acceptors (Lipinski definition) is 3. The molecule has 0 aromatic heterocycles. The Kier molecular flexibility index (Phi) is 10.3. The molecule has 3 heteroatoms. The first-order chi connectivity index (χ1) is 10.7. The van der Waals surface area contributed by atoms with Crippen LogP contribution in [0.2, 0.25) is 0 Å². The van der Waals surface area contributed by atoms with Gasteiger partial charge in [0.2, 0.25) is 0 Å². The van der Waals surface area contributed by atoms with Crippen LogP contribution in [0.1, 0.15) is 60.3 Å². The summed E-state index contributed by atoms with van der Waals surface area (Å²) < 4.78 is 0. The van der Waals surface area contributed by atoms with Crippen molar-refractivity contribution < 1.29 is 0 Å². The number of likely N-dealkylation sites (tertiary alicyclic amines) is 1. The van der Waals surface area contributed by atoms with Crippen molar-refractivity contribution in [2.75, 3.05) is 52.4 Å². The van der Waals surface area contributed by atoms with Crippen LogP contribution in [0, 0.1) is 5.92 Å². The molecule has 2 aliphatic heterocycles. The van der Waals surface area contributed by atoms with Gasteiger partial charge < -0.3 is 9.80 Å². The quantitative estimate of drug-likeness (QED) is 0.743. The molecule has 2 rings (SSSR count). The number of hydrogen-bond donors (Lipinski definition) is 0. The summed E-state index contributed by atoms with van der Waals surface area (Å²) in [6, 6.07) is 0.722. The van der Waals surface area contributed by atoms with Gasteiger partial charge in [-0.15, -0.1) is 0 Å². The fourth-order valence-corrected chi connectivity index (χ4v) is 3.68. The highest BCUT2D eigenvalue weighted by Gasteiger charge is 2.22. The van der Waals surface area contributed by atoms with Crippen LogP contribution in [-0.2, 0) is 0 Å². The van der Waals surface area contributed by atoms with Gasteiger partial charge in [-0.1, -0.05) is 20.8 Å². The van der Waals surface area contributed by atoms with Crippen molar-refractivity contribution >= 4 is 0 Å². The second kappa shape index (κ2) is 11.4. The van der Waals surface area contributed by atoms with E-state index in [-0.39, 0.29) is 0 Å². The predicted molar refractivity (Wildman–Crippen MR) is 98.6 cm³/mol. The lowest BCUT2D eigenvalue weighted by Gasteiger charge is -2.38. The molecular formula is C19H41N3. The summed E-state index contributed by atoms with van der Waals surface area (Å²) in [7, 11) is 0. The van der Waals surface area contributed by atoms with Gasteiger partial charge in [-0.2, -0.15) is 0 Å². The molecule has 3 nitrogen and oxygen atoms in total. The minimum Gasteiger partial charge on any atom is -0.303 e. The van der Waals surface area contributed by atoms with Gasteiger partial charge in [-0.25, -0.2) is 0 Å². The van der Waals surface area contributed by atoms with E-state index in [4.69, 9.17) is 0 Å². The molecule has 2 saturated heterocycles. The molecule has 0 aromatic rings. The maximum Gasteiger partial charge on any atom is 0.0113 e. The maximum absolute atomic E-state index is 2.69. The van der Waals surface area contributed by atoms with E-state index >= 15 is 0 Å². The van der Waals surface area contributed by atoms with Crippen molar-refractivity contribution in [1.29, 1.82) is 0 Å². The molecule has 132 valence electrons. The van der Waals surface area contributed by atoms with Crippen molar-refractivity contribution in [3.05, 3.63) is 0 Å². The van der Waals surface area contributed by atoms with Crippen LogP contribution in [0.15, 0.2) is 0 Å². The van der Waals surface area contributed by atoms with Crippen LogP contribution >= 0.6 is 0 Å². The lowest BCUT2D eigenvalue weighted by Crippen LogP contribution is -2.49. The Labute approximate surface area is 140 Å². The fraction of sp³-hybridized carbons (Fsp3) is 1.00. The van der Waals surface area contributed by atoms with E-state index in [1.807, 2.05) is 13.8 Å².